The molecule has 4 bridgehead atoms. The minimum absolute atomic E-state index is 0.0289. The molecule has 2 heterocycles. The molecule has 0 spiro atoms. The zero-order valence-corrected chi connectivity index (χ0v) is 17.8. The number of carbonyl (C=O) groups is 1. The Morgan fingerprint density at radius 3 is 2.74 bits per heavy atom. The average Bonchev–Trinajstić information content (AvgIpc) is 3.38. The highest BCUT2D eigenvalue weighted by atomic mass is 16.5. The lowest BCUT2D eigenvalue weighted by Gasteiger charge is -2.58. The minimum Gasteiger partial charge on any atom is -0.390 e. The van der Waals surface area contributed by atoms with Crippen molar-refractivity contribution in [3.8, 4) is 11.4 Å². The van der Waals surface area contributed by atoms with Crippen LogP contribution >= 0.6 is 0 Å². The Labute approximate surface area is 180 Å². The first kappa shape index (κ1) is 19.0. The van der Waals surface area contributed by atoms with Crippen molar-refractivity contribution in [1.82, 2.24) is 20.0 Å². The van der Waals surface area contributed by atoms with E-state index in [1.165, 1.54) is 17.7 Å². The summed E-state index contributed by atoms with van der Waals surface area (Å²) in [6.07, 6.45) is 11.9. The van der Waals surface area contributed by atoms with Gasteiger partial charge >= 0.3 is 11.8 Å². The van der Waals surface area contributed by atoms with Gasteiger partial charge in [-0.05, 0) is 49.9 Å². The number of aromatic nitrogens is 3. The van der Waals surface area contributed by atoms with E-state index in [4.69, 9.17) is 4.52 Å². The fraction of sp³-hybridized carbons (Fsp3) is 0.565. The Hall–Kier alpha value is -2.74. The number of nitrogens with one attached hydrogen (secondary N) is 1. The lowest BCUT2D eigenvalue weighted by Crippen LogP contribution is -2.59. The Bertz CT molecular complexity index is 1070. The van der Waals surface area contributed by atoms with E-state index >= 15 is 0 Å². The lowest BCUT2D eigenvalue weighted by atomic mass is 9.52. The second kappa shape index (κ2) is 6.63. The topological polar surface area (TPSA) is 104 Å². The second-order valence-electron chi connectivity index (χ2n) is 10.0. The van der Waals surface area contributed by atoms with E-state index < -0.39 is 5.60 Å². The van der Waals surface area contributed by atoms with Gasteiger partial charge < -0.3 is 19.8 Å². The van der Waals surface area contributed by atoms with Crippen molar-refractivity contribution in [2.24, 2.45) is 17.8 Å². The number of hydrogen-bond acceptors (Lipinski definition) is 7. The summed E-state index contributed by atoms with van der Waals surface area (Å²) in [5, 5.41) is 18.9. The van der Waals surface area contributed by atoms with Gasteiger partial charge in [-0.25, -0.2) is 0 Å². The van der Waals surface area contributed by atoms with E-state index in [9.17, 15) is 9.90 Å². The average molecular weight is 422 g/mol. The van der Waals surface area contributed by atoms with Gasteiger partial charge in [-0.15, -0.1) is 0 Å². The summed E-state index contributed by atoms with van der Waals surface area (Å²) >= 11 is 0. The van der Waals surface area contributed by atoms with Gasteiger partial charge in [-0.2, -0.15) is 4.98 Å². The van der Waals surface area contributed by atoms with Crippen molar-refractivity contribution < 1.29 is 14.4 Å². The third kappa shape index (κ3) is 2.99. The molecule has 4 saturated carbocycles. The first-order chi connectivity index (χ1) is 14.9. The van der Waals surface area contributed by atoms with Crippen molar-refractivity contribution in [2.45, 2.75) is 50.2 Å². The highest BCUT2D eigenvalue weighted by molar-refractivity contribution is 5.90. The van der Waals surface area contributed by atoms with Crippen LogP contribution in [-0.2, 0) is 6.42 Å². The van der Waals surface area contributed by atoms with E-state index in [1.54, 1.807) is 20.3 Å². The quantitative estimate of drug-likeness (QED) is 0.782. The van der Waals surface area contributed by atoms with E-state index in [1.807, 2.05) is 0 Å². The Morgan fingerprint density at radius 2 is 2.03 bits per heavy atom. The molecule has 4 fully saturated rings. The number of hydrogen-bond donors (Lipinski definition) is 2. The molecule has 2 N–H and O–H groups in total. The minimum atomic E-state index is -0.466. The molecular weight excluding hydrogens is 394 g/mol. The van der Waals surface area contributed by atoms with E-state index in [2.05, 4.69) is 32.6 Å². The lowest BCUT2D eigenvalue weighted by molar-refractivity contribution is -0.129. The van der Waals surface area contributed by atoms with Crippen LogP contribution in [0.4, 0.5) is 5.69 Å². The summed E-state index contributed by atoms with van der Waals surface area (Å²) < 4.78 is 5.26. The smallest absolute Gasteiger partial charge is 0.316 e. The van der Waals surface area contributed by atoms with Crippen LogP contribution in [0, 0.1) is 17.8 Å². The molecule has 2 aromatic heterocycles. The maximum Gasteiger partial charge on any atom is 0.316 e. The SMILES string of the molecule is CN(C)C(=O)c1nc(-c2cnc3c(c2NC2[C@@H]4CC5C[C@H]2CC(O)(C5)C4)C=CC3)no1. The zero-order chi connectivity index (χ0) is 21.3. The monoisotopic (exact) mass is 421 g/mol. The standard InChI is InChI=1S/C23H27N5O3/c1-28(2)22(29)21-26-20(27-31-21)16-11-24-17-5-3-4-15(17)19(16)25-18-13-6-12-7-14(18)10-23(30,8-12)9-13/h3-4,11-14,18,30H,5-10H2,1-2H3,(H,24,25)/t12?,13-,14+,18?,23?. The normalized spacial score (nSPS) is 32.4. The molecule has 0 radical (unpaired) electrons. The molecule has 8 heteroatoms. The third-order valence-corrected chi connectivity index (χ3v) is 7.60. The van der Waals surface area contributed by atoms with E-state index in [0.717, 1.165) is 48.2 Å². The largest absolute Gasteiger partial charge is 0.390 e. The first-order valence-corrected chi connectivity index (χ1v) is 11.1. The number of aliphatic hydroxyl groups is 1. The Balaban J connectivity index is 1.38. The van der Waals surface area contributed by atoms with Crippen LogP contribution in [-0.4, -0.2) is 56.8 Å². The summed E-state index contributed by atoms with van der Waals surface area (Å²) in [6.45, 7) is 0. The van der Waals surface area contributed by atoms with Gasteiger partial charge in [0, 0.05) is 38.3 Å². The highest BCUT2D eigenvalue weighted by Crippen LogP contribution is 2.56. The van der Waals surface area contributed by atoms with Gasteiger partial charge in [0.25, 0.3) is 0 Å². The molecule has 0 aliphatic heterocycles. The molecule has 2 aromatic rings. The Morgan fingerprint density at radius 1 is 1.26 bits per heavy atom. The summed E-state index contributed by atoms with van der Waals surface area (Å²) in [6, 6.07) is 0.311. The zero-order valence-electron chi connectivity index (χ0n) is 17.8. The predicted molar refractivity (Wildman–Crippen MR) is 114 cm³/mol. The van der Waals surface area contributed by atoms with Crippen LogP contribution in [0.15, 0.2) is 16.8 Å². The number of amides is 1. The van der Waals surface area contributed by atoms with Crippen LogP contribution in [0.2, 0.25) is 0 Å². The van der Waals surface area contributed by atoms with Gasteiger partial charge in [0.15, 0.2) is 0 Å². The number of rotatable bonds is 4. The number of pyridine rings is 1. The van der Waals surface area contributed by atoms with Crippen LogP contribution in [0.3, 0.4) is 0 Å². The molecular formula is C23H27N5O3. The summed E-state index contributed by atoms with van der Waals surface area (Å²) in [4.78, 5) is 22.6. The van der Waals surface area contributed by atoms with Crippen LogP contribution in [0.5, 0.6) is 0 Å². The number of fused-ring (bicyclic) bond motifs is 1. The molecule has 5 aliphatic carbocycles. The molecule has 5 aliphatic rings. The molecule has 8 nitrogen and oxygen atoms in total. The van der Waals surface area contributed by atoms with Gasteiger partial charge in [0.2, 0.25) is 5.82 Å². The van der Waals surface area contributed by atoms with Crippen molar-refractivity contribution >= 4 is 17.7 Å². The molecule has 1 amide bonds. The third-order valence-electron chi connectivity index (χ3n) is 7.60. The molecule has 31 heavy (non-hydrogen) atoms. The van der Waals surface area contributed by atoms with Crippen molar-refractivity contribution in [3.05, 3.63) is 29.4 Å². The fourth-order valence-electron chi connectivity index (χ4n) is 6.52. The van der Waals surface area contributed by atoms with E-state index in [0.29, 0.717) is 29.6 Å². The maximum absolute atomic E-state index is 12.2. The molecule has 0 saturated heterocycles. The number of carbonyl (C=O) groups excluding carboxylic acids is 1. The molecule has 5 atom stereocenters. The number of anilines is 1. The highest BCUT2D eigenvalue weighted by Gasteiger charge is 2.54. The van der Waals surface area contributed by atoms with Gasteiger partial charge in [0.05, 0.1) is 22.5 Å². The second-order valence-corrected chi connectivity index (χ2v) is 10.0. The van der Waals surface area contributed by atoms with Crippen molar-refractivity contribution in [2.75, 3.05) is 19.4 Å². The Kier molecular flexibility index (Phi) is 4.06. The number of nitrogens with zero attached hydrogens (tertiary/aromatic N) is 4. The van der Waals surface area contributed by atoms with Crippen LogP contribution < -0.4 is 5.32 Å². The fourth-order valence-corrected chi connectivity index (χ4v) is 6.52. The number of allylic oxidation sites excluding steroid dienone is 1. The molecule has 162 valence electrons. The summed E-state index contributed by atoms with van der Waals surface area (Å²) in [5.41, 5.74) is 3.34. The molecule has 7 rings (SSSR count). The first-order valence-electron chi connectivity index (χ1n) is 11.1. The molecule has 0 aromatic carbocycles. The maximum atomic E-state index is 12.2. The van der Waals surface area contributed by atoms with Gasteiger partial charge in [0.1, 0.15) is 0 Å². The van der Waals surface area contributed by atoms with Gasteiger partial charge in [-0.3, -0.25) is 9.78 Å². The molecule has 3 unspecified atom stereocenters. The van der Waals surface area contributed by atoms with Crippen molar-refractivity contribution in [1.29, 1.82) is 0 Å². The van der Waals surface area contributed by atoms with Crippen LogP contribution in [0.25, 0.3) is 17.5 Å². The summed E-state index contributed by atoms with van der Waals surface area (Å²) in [7, 11) is 3.31. The van der Waals surface area contributed by atoms with Crippen LogP contribution in [0.1, 0.15) is 54.0 Å². The predicted octanol–water partition coefficient (Wildman–Crippen LogP) is 2.75. The van der Waals surface area contributed by atoms with Gasteiger partial charge in [-0.1, -0.05) is 17.3 Å². The van der Waals surface area contributed by atoms with Crippen molar-refractivity contribution in [3.63, 3.8) is 0 Å². The summed E-state index contributed by atoms with van der Waals surface area (Å²) in [5.74, 6) is 1.60. The van der Waals surface area contributed by atoms with E-state index in [-0.39, 0.29) is 11.8 Å².